The Morgan fingerprint density at radius 3 is 3.15 bits per heavy atom. The molecule has 1 aromatic rings. The van der Waals surface area contributed by atoms with Gasteiger partial charge in [-0.15, -0.1) is 0 Å². The Hall–Kier alpha value is -2.09. The topological polar surface area (TPSA) is 75.6 Å². The fraction of sp³-hybridized carbons (Fsp3) is 0.125. The standard InChI is InChI=1S/C8H6N2O3/c1-6(11)13-10-4-8-2-7(3-9)5-12-8/h2,4-5H,1H3/b10-4+. The first-order chi connectivity index (χ1) is 6.22. The first-order valence-corrected chi connectivity index (χ1v) is 3.42. The SMILES string of the molecule is CC(=O)O/N=C/c1cc(C#N)co1. The molecule has 66 valence electrons. The van der Waals surface area contributed by atoms with E-state index in [2.05, 4.69) is 9.99 Å². The average Bonchev–Trinajstić information content (AvgIpc) is 2.52. The highest BCUT2D eigenvalue weighted by atomic mass is 16.7. The summed E-state index contributed by atoms with van der Waals surface area (Å²) in [5.41, 5.74) is 0.393. The lowest BCUT2D eigenvalue weighted by molar-refractivity contribution is -0.140. The van der Waals surface area contributed by atoms with Gasteiger partial charge in [-0.25, -0.2) is 4.79 Å². The van der Waals surface area contributed by atoms with Crippen LogP contribution in [0.4, 0.5) is 0 Å². The average molecular weight is 178 g/mol. The summed E-state index contributed by atoms with van der Waals surface area (Å²) in [7, 11) is 0. The van der Waals surface area contributed by atoms with E-state index in [-0.39, 0.29) is 0 Å². The summed E-state index contributed by atoms with van der Waals surface area (Å²) in [4.78, 5) is 14.6. The van der Waals surface area contributed by atoms with Gasteiger partial charge in [0, 0.05) is 13.0 Å². The summed E-state index contributed by atoms with van der Waals surface area (Å²) in [5.74, 6) is -0.152. The largest absolute Gasteiger partial charge is 0.462 e. The molecule has 0 aliphatic rings. The van der Waals surface area contributed by atoms with Gasteiger partial charge in [-0.2, -0.15) is 5.26 Å². The molecule has 0 spiro atoms. The van der Waals surface area contributed by atoms with Crippen LogP contribution in [0.2, 0.25) is 0 Å². The minimum Gasteiger partial charge on any atom is -0.462 e. The highest BCUT2D eigenvalue weighted by Crippen LogP contribution is 2.03. The lowest BCUT2D eigenvalue weighted by Crippen LogP contribution is -1.90. The summed E-state index contributed by atoms with van der Waals surface area (Å²) < 4.78 is 4.87. The Kier molecular flexibility index (Phi) is 2.82. The zero-order chi connectivity index (χ0) is 9.68. The molecule has 1 rings (SSSR count). The summed E-state index contributed by atoms with van der Waals surface area (Å²) in [5, 5.41) is 11.7. The van der Waals surface area contributed by atoms with E-state index in [4.69, 9.17) is 9.68 Å². The Morgan fingerprint density at radius 2 is 2.62 bits per heavy atom. The highest BCUT2D eigenvalue weighted by molar-refractivity contribution is 5.77. The number of furan rings is 1. The second-order valence-electron chi connectivity index (χ2n) is 2.17. The zero-order valence-corrected chi connectivity index (χ0v) is 6.85. The second kappa shape index (κ2) is 4.07. The van der Waals surface area contributed by atoms with Crippen LogP contribution >= 0.6 is 0 Å². The van der Waals surface area contributed by atoms with Crippen LogP contribution in [0.15, 0.2) is 21.9 Å². The summed E-state index contributed by atoms with van der Waals surface area (Å²) >= 11 is 0. The maximum absolute atomic E-state index is 10.3. The van der Waals surface area contributed by atoms with Gasteiger partial charge >= 0.3 is 5.97 Å². The molecule has 0 bridgehead atoms. The van der Waals surface area contributed by atoms with Gasteiger partial charge in [-0.1, -0.05) is 5.16 Å². The maximum atomic E-state index is 10.3. The molecule has 0 radical (unpaired) electrons. The van der Waals surface area contributed by atoms with Gasteiger partial charge in [0.1, 0.15) is 24.3 Å². The quantitative estimate of drug-likeness (QED) is 0.385. The van der Waals surface area contributed by atoms with E-state index < -0.39 is 5.97 Å². The Bertz CT molecular complexity index is 373. The molecule has 0 saturated carbocycles. The first-order valence-electron chi connectivity index (χ1n) is 3.42. The fourth-order valence-corrected chi connectivity index (χ4v) is 0.632. The van der Waals surface area contributed by atoms with Gasteiger partial charge in [0.05, 0.1) is 5.56 Å². The van der Waals surface area contributed by atoms with Crippen molar-refractivity contribution in [1.29, 1.82) is 5.26 Å². The Labute approximate surface area is 74.2 Å². The van der Waals surface area contributed by atoms with Gasteiger partial charge in [-0.3, -0.25) is 0 Å². The van der Waals surface area contributed by atoms with Crippen molar-refractivity contribution in [3.05, 3.63) is 23.7 Å². The van der Waals surface area contributed by atoms with Crippen molar-refractivity contribution in [2.24, 2.45) is 5.16 Å². The van der Waals surface area contributed by atoms with Gasteiger partial charge < -0.3 is 9.25 Å². The number of rotatable bonds is 2. The molecule has 0 amide bonds. The third kappa shape index (κ3) is 2.79. The predicted molar refractivity (Wildman–Crippen MR) is 42.8 cm³/mol. The molecule has 0 aliphatic heterocycles. The van der Waals surface area contributed by atoms with E-state index in [0.29, 0.717) is 11.3 Å². The van der Waals surface area contributed by atoms with Crippen LogP contribution in [0.25, 0.3) is 0 Å². The van der Waals surface area contributed by atoms with E-state index in [1.807, 2.05) is 6.07 Å². The van der Waals surface area contributed by atoms with Crippen LogP contribution < -0.4 is 0 Å². The molecule has 5 heteroatoms. The first kappa shape index (κ1) is 9.00. The maximum Gasteiger partial charge on any atom is 0.331 e. The van der Waals surface area contributed by atoms with Crippen molar-refractivity contribution >= 4 is 12.2 Å². The smallest absolute Gasteiger partial charge is 0.331 e. The fourth-order valence-electron chi connectivity index (χ4n) is 0.632. The predicted octanol–water partition coefficient (Wildman–Crippen LogP) is 1.05. The van der Waals surface area contributed by atoms with E-state index in [1.54, 1.807) is 0 Å². The molecule has 0 N–H and O–H groups in total. The molecule has 1 heterocycles. The molecule has 0 saturated heterocycles. The molecule has 0 aliphatic carbocycles. The van der Waals surface area contributed by atoms with Gasteiger partial charge in [-0.05, 0) is 0 Å². The number of hydrogen-bond acceptors (Lipinski definition) is 5. The third-order valence-corrected chi connectivity index (χ3v) is 1.11. The number of oxime groups is 1. The molecule has 0 atom stereocenters. The van der Waals surface area contributed by atoms with Crippen molar-refractivity contribution in [2.75, 3.05) is 0 Å². The monoisotopic (exact) mass is 178 g/mol. The molecular formula is C8H6N2O3. The molecule has 0 aromatic carbocycles. The number of carbonyl (C=O) groups excluding carboxylic acids is 1. The van der Waals surface area contributed by atoms with Crippen LogP contribution in [0.1, 0.15) is 18.2 Å². The van der Waals surface area contributed by atoms with Crippen molar-refractivity contribution in [3.8, 4) is 6.07 Å². The number of nitrogens with zero attached hydrogens (tertiary/aromatic N) is 2. The van der Waals surface area contributed by atoms with Crippen LogP contribution in [0, 0.1) is 11.3 Å². The van der Waals surface area contributed by atoms with Crippen LogP contribution in [-0.4, -0.2) is 12.2 Å². The van der Waals surface area contributed by atoms with Gasteiger partial charge in [0.15, 0.2) is 0 Å². The van der Waals surface area contributed by atoms with Crippen LogP contribution in [-0.2, 0) is 9.63 Å². The van der Waals surface area contributed by atoms with Crippen LogP contribution in [0.5, 0.6) is 0 Å². The molecule has 13 heavy (non-hydrogen) atoms. The minimum absolute atomic E-state index is 0.359. The number of nitriles is 1. The Balaban J connectivity index is 2.60. The number of hydrogen-bond donors (Lipinski definition) is 0. The highest BCUT2D eigenvalue weighted by Gasteiger charge is 1.97. The van der Waals surface area contributed by atoms with E-state index in [1.165, 1.54) is 25.5 Å². The van der Waals surface area contributed by atoms with Crippen molar-refractivity contribution in [2.45, 2.75) is 6.92 Å². The molecule has 0 fully saturated rings. The molecule has 0 unspecified atom stereocenters. The summed E-state index contributed by atoms with van der Waals surface area (Å²) in [6, 6.07) is 3.36. The van der Waals surface area contributed by atoms with Gasteiger partial charge in [0.25, 0.3) is 0 Å². The molecular weight excluding hydrogens is 172 g/mol. The third-order valence-electron chi connectivity index (χ3n) is 1.11. The lowest BCUT2D eigenvalue weighted by atomic mass is 10.3. The van der Waals surface area contributed by atoms with E-state index in [0.717, 1.165) is 0 Å². The minimum atomic E-state index is -0.511. The van der Waals surface area contributed by atoms with Gasteiger partial charge in [0.2, 0.25) is 0 Å². The van der Waals surface area contributed by atoms with Crippen LogP contribution in [0.3, 0.4) is 0 Å². The lowest BCUT2D eigenvalue weighted by Gasteiger charge is -1.85. The van der Waals surface area contributed by atoms with Crippen molar-refractivity contribution in [3.63, 3.8) is 0 Å². The molecule has 1 aromatic heterocycles. The van der Waals surface area contributed by atoms with E-state index >= 15 is 0 Å². The second-order valence-corrected chi connectivity index (χ2v) is 2.17. The normalized spacial score (nSPS) is 9.85. The number of carbonyl (C=O) groups is 1. The zero-order valence-electron chi connectivity index (χ0n) is 6.85. The Morgan fingerprint density at radius 1 is 1.85 bits per heavy atom. The summed E-state index contributed by atoms with van der Waals surface area (Å²) in [6.07, 6.45) is 2.50. The van der Waals surface area contributed by atoms with E-state index in [9.17, 15) is 4.79 Å². The molecule has 5 nitrogen and oxygen atoms in total. The van der Waals surface area contributed by atoms with Crippen molar-refractivity contribution < 1.29 is 14.0 Å². The summed E-state index contributed by atoms with van der Waals surface area (Å²) in [6.45, 7) is 1.24. The van der Waals surface area contributed by atoms with Crippen molar-refractivity contribution in [1.82, 2.24) is 0 Å².